The first-order valence-corrected chi connectivity index (χ1v) is 7.57. The number of hydrogen-bond donors (Lipinski definition) is 2. The molecule has 0 aromatic carbocycles. The molecule has 1 saturated carbocycles. The lowest BCUT2D eigenvalue weighted by Gasteiger charge is -2.35. The molecule has 5 heteroatoms. The fourth-order valence-electron chi connectivity index (χ4n) is 3.06. The van der Waals surface area contributed by atoms with E-state index >= 15 is 0 Å². The summed E-state index contributed by atoms with van der Waals surface area (Å²) in [5, 5.41) is 12.0. The van der Waals surface area contributed by atoms with E-state index in [1.54, 1.807) is 0 Å². The first-order valence-electron chi connectivity index (χ1n) is 7.57. The molecule has 1 rings (SSSR count). The number of nitrogens with one attached hydrogen (secondary N) is 1. The van der Waals surface area contributed by atoms with E-state index in [9.17, 15) is 9.59 Å². The highest BCUT2D eigenvalue weighted by Crippen LogP contribution is 2.42. The number of carboxylic acids is 1. The van der Waals surface area contributed by atoms with Crippen LogP contribution in [0.3, 0.4) is 0 Å². The van der Waals surface area contributed by atoms with Crippen LogP contribution < -0.4 is 5.32 Å². The number of nitrogens with zero attached hydrogens (tertiary/aromatic N) is 1. The van der Waals surface area contributed by atoms with Crippen LogP contribution in [0.5, 0.6) is 0 Å². The lowest BCUT2D eigenvalue weighted by atomic mass is 9.69. The van der Waals surface area contributed by atoms with E-state index in [1.807, 2.05) is 14.1 Å². The van der Waals surface area contributed by atoms with Crippen molar-refractivity contribution < 1.29 is 14.7 Å². The van der Waals surface area contributed by atoms with E-state index in [2.05, 4.69) is 10.2 Å². The van der Waals surface area contributed by atoms with Crippen LogP contribution in [0.15, 0.2) is 0 Å². The van der Waals surface area contributed by atoms with Gasteiger partial charge in [-0.1, -0.05) is 19.3 Å². The summed E-state index contributed by atoms with van der Waals surface area (Å²) in [6.45, 7) is 1.61. The van der Waals surface area contributed by atoms with Crippen molar-refractivity contribution in [1.82, 2.24) is 10.2 Å². The van der Waals surface area contributed by atoms with Gasteiger partial charge in [-0.3, -0.25) is 9.59 Å². The summed E-state index contributed by atoms with van der Waals surface area (Å²) in [5.41, 5.74) is -0.310. The van der Waals surface area contributed by atoms with Crippen molar-refractivity contribution in [3.63, 3.8) is 0 Å². The van der Waals surface area contributed by atoms with Gasteiger partial charge in [-0.2, -0.15) is 0 Å². The van der Waals surface area contributed by atoms with E-state index in [1.165, 1.54) is 0 Å². The van der Waals surface area contributed by atoms with Crippen LogP contribution >= 0.6 is 0 Å². The van der Waals surface area contributed by atoms with Gasteiger partial charge >= 0.3 is 5.97 Å². The van der Waals surface area contributed by atoms with Crippen molar-refractivity contribution in [3.05, 3.63) is 0 Å². The first kappa shape index (κ1) is 17.0. The number of carbonyl (C=O) groups is 2. The van der Waals surface area contributed by atoms with Crippen molar-refractivity contribution >= 4 is 11.9 Å². The van der Waals surface area contributed by atoms with Gasteiger partial charge in [0.05, 0.1) is 6.42 Å². The molecule has 1 fully saturated rings. The highest BCUT2D eigenvalue weighted by Gasteiger charge is 2.36. The van der Waals surface area contributed by atoms with Crippen molar-refractivity contribution in [3.8, 4) is 0 Å². The molecule has 0 aliphatic heterocycles. The number of hydrogen-bond acceptors (Lipinski definition) is 3. The quantitative estimate of drug-likeness (QED) is 0.668. The van der Waals surface area contributed by atoms with Crippen molar-refractivity contribution in [2.75, 3.05) is 27.2 Å². The number of aliphatic carboxylic acids is 1. The number of amides is 1. The van der Waals surface area contributed by atoms with Gasteiger partial charge < -0.3 is 15.3 Å². The van der Waals surface area contributed by atoms with Crippen molar-refractivity contribution in [2.24, 2.45) is 5.41 Å². The smallest absolute Gasteiger partial charge is 0.303 e. The Hall–Kier alpha value is -1.10. The highest BCUT2D eigenvalue weighted by molar-refractivity contribution is 5.78. The summed E-state index contributed by atoms with van der Waals surface area (Å²) in [4.78, 5) is 25.2. The molecule has 1 aliphatic rings. The van der Waals surface area contributed by atoms with Crippen LogP contribution in [0, 0.1) is 5.41 Å². The third-order valence-corrected chi connectivity index (χ3v) is 4.08. The largest absolute Gasteiger partial charge is 0.481 e. The number of carbonyl (C=O) groups excluding carboxylic acids is 1. The fourth-order valence-corrected chi connectivity index (χ4v) is 3.06. The molecule has 0 aromatic rings. The van der Waals surface area contributed by atoms with E-state index in [0.717, 1.165) is 45.1 Å². The predicted octanol–water partition coefficient (Wildman–Crippen LogP) is 1.87. The summed E-state index contributed by atoms with van der Waals surface area (Å²) in [7, 11) is 4.01. The first-order chi connectivity index (χ1) is 9.43. The molecule has 5 nitrogen and oxygen atoms in total. The second kappa shape index (κ2) is 8.25. The Bertz CT molecular complexity index is 323. The standard InChI is InChI=1S/C15H28N2O3/c1-17(2)10-6-9-16-13(18)11-15(12-14(19)20)7-4-3-5-8-15/h3-12H2,1-2H3,(H,16,18)(H,19,20). The second-order valence-corrected chi connectivity index (χ2v) is 6.31. The Kier molecular flexibility index (Phi) is 6.99. The number of rotatable bonds is 8. The van der Waals surface area contributed by atoms with Gasteiger partial charge in [0.15, 0.2) is 0 Å². The van der Waals surface area contributed by atoms with Gasteiger partial charge in [-0.25, -0.2) is 0 Å². The lowest BCUT2D eigenvalue weighted by molar-refractivity contribution is -0.141. The van der Waals surface area contributed by atoms with Crippen molar-refractivity contribution in [2.45, 2.75) is 51.4 Å². The maximum absolute atomic E-state index is 12.0. The molecule has 0 bridgehead atoms. The van der Waals surface area contributed by atoms with Gasteiger partial charge in [0.1, 0.15) is 0 Å². The molecule has 0 atom stereocenters. The van der Waals surface area contributed by atoms with Crippen LogP contribution in [0.1, 0.15) is 51.4 Å². The van der Waals surface area contributed by atoms with Gasteiger partial charge in [-0.05, 0) is 45.3 Å². The van der Waals surface area contributed by atoms with Crippen LogP contribution in [0.25, 0.3) is 0 Å². The highest BCUT2D eigenvalue weighted by atomic mass is 16.4. The molecule has 1 amide bonds. The molecule has 2 N–H and O–H groups in total. The van der Waals surface area contributed by atoms with Crippen LogP contribution in [-0.2, 0) is 9.59 Å². The molecule has 0 spiro atoms. The second-order valence-electron chi connectivity index (χ2n) is 6.31. The van der Waals surface area contributed by atoms with Gasteiger partial charge in [0, 0.05) is 13.0 Å². The van der Waals surface area contributed by atoms with Crippen LogP contribution in [0.4, 0.5) is 0 Å². The minimum Gasteiger partial charge on any atom is -0.481 e. The van der Waals surface area contributed by atoms with Crippen LogP contribution in [-0.4, -0.2) is 49.1 Å². The SMILES string of the molecule is CN(C)CCCNC(=O)CC1(CC(=O)O)CCCCC1. The summed E-state index contributed by atoms with van der Waals surface area (Å²) < 4.78 is 0. The molecular formula is C15H28N2O3. The van der Waals surface area contributed by atoms with E-state index < -0.39 is 5.97 Å². The summed E-state index contributed by atoms with van der Waals surface area (Å²) in [6.07, 6.45) is 6.38. The lowest BCUT2D eigenvalue weighted by Crippen LogP contribution is -2.36. The van der Waals surface area contributed by atoms with Crippen molar-refractivity contribution in [1.29, 1.82) is 0 Å². The zero-order valence-corrected chi connectivity index (χ0v) is 12.8. The molecule has 0 heterocycles. The van der Waals surface area contributed by atoms with Crippen LogP contribution in [0.2, 0.25) is 0 Å². The Balaban J connectivity index is 2.40. The van der Waals surface area contributed by atoms with E-state index in [0.29, 0.717) is 13.0 Å². The molecule has 20 heavy (non-hydrogen) atoms. The normalized spacial score (nSPS) is 17.9. The van der Waals surface area contributed by atoms with E-state index in [-0.39, 0.29) is 17.7 Å². The summed E-state index contributed by atoms with van der Waals surface area (Å²) in [5.74, 6) is -0.779. The maximum Gasteiger partial charge on any atom is 0.303 e. The molecule has 116 valence electrons. The number of carboxylic acid groups (broad SMARTS) is 1. The van der Waals surface area contributed by atoms with Gasteiger partial charge in [-0.15, -0.1) is 0 Å². The molecule has 0 aromatic heterocycles. The third kappa shape index (κ3) is 6.37. The fraction of sp³-hybridized carbons (Fsp3) is 0.867. The Morgan fingerprint density at radius 2 is 1.80 bits per heavy atom. The maximum atomic E-state index is 12.0. The van der Waals surface area contributed by atoms with E-state index in [4.69, 9.17) is 5.11 Å². The summed E-state index contributed by atoms with van der Waals surface area (Å²) in [6, 6.07) is 0. The zero-order chi connectivity index (χ0) is 15.0. The summed E-state index contributed by atoms with van der Waals surface area (Å²) >= 11 is 0. The predicted molar refractivity (Wildman–Crippen MR) is 78.6 cm³/mol. The monoisotopic (exact) mass is 284 g/mol. The molecule has 0 radical (unpaired) electrons. The molecular weight excluding hydrogens is 256 g/mol. The Morgan fingerprint density at radius 1 is 1.15 bits per heavy atom. The average molecular weight is 284 g/mol. The Morgan fingerprint density at radius 3 is 2.35 bits per heavy atom. The topological polar surface area (TPSA) is 69.6 Å². The van der Waals surface area contributed by atoms with Gasteiger partial charge in [0.25, 0.3) is 0 Å². The average Bonchev–Trinajstić information content (AvgIpc) is 2.34. The molecule has 1 aliphatic carbocycles. The zero-order valence-electron chi connectivity index (χ0n) is 12.8. The minimum atomic E-state index is -0.785. The minimum absolute atomic E-state index is 0.00639. The third-order valence-electron chi connectivity index (χ3n) is 4.08. The molecule has 0 saturated heterocycles. The Labute approximate surface area is 121 Å². The van der Waals surface area contributed by atoms with Gasteiger partial charge in [0.2, 0.25) is 5.91 Å². The molecule has 0 unspecified atom stereocenters.